The van der Waals surface area contributed by atoms with E-state index in [4.69, 9.17) is 15.1 Å². The van der Waals surface area contributed by atoms with Gasteiger partial charge in [-0.05, 0) is 34.9 Å². The van der Waals surface area contributed by atoms with E-state index in [0.717, 1.165) is 27.9 Å². The molecule has 4 aromatic rings. The van der Waals surface area contributed by atoms with Crippen molar-refractivity contribution in [2.75, 3.05) is 12.8 Å². The molecule has 9 heteroatoms. The summed E-state index contributed by atoms with van der Waals surface area (Å²) >= 11 is 0. The van der Waals surface area contributed by atoms with Crippen LogP contribution in [-0.4, -0.2) is 32.0 Å². The maximum Gasteiger partial charge on any atom is 0.199 e. The molecule has 0 aliphatic rings. The minimum absolute atomic E-state index is 0.218. The molecular formula is C19H21N7O2. The van der Waals surface area contributed by atoms with E-state index >= 15 is 0 Å². The highest BCUT2D eigenvalue weighted by molar-refractivity contribution is 5.83. The zero-order chi connectivity index (χ0) is 19.5. The topological polar surface area (TPSA) is 117 Å². The summed E-state index contributed by atoms with van der Waals surface area (Å²) in [6.45, 7) is 4.09. The van der Waals surface area contributed by atoms with Crippen molar-refractivity contribution in [2.24, 2.45) is 0 Å². The summed E-state index contributed by atoms with van der Waals surface area (Å²) in [5.41, 5.74) is 10.3. The highest BCUT2D eigenvalue weighted by Crippen LogP contribution is 2.28. The Kier molecular flexibility index (Phi) is 4.90. The number of nitrogens with zero attached hydrogens (tertiary/aromatic N) is 5. The minimum Gasteiger partial charge on any atom is -0.497 e. The Morgan fingerprint density at radius 1 is 1.21 bits per heavy atom. The van der Waals surface area contributed by atoms with Crippen molar-refractivity contribution in [3.05, 3.63) is 47.8 Å². The number of pyridine rings is 1. The van der Waals surface area contributed by atoms with Gasteiger partial charge in [-0.15, -0.1) is 0 Å². The molecule has 144 valence electrons. The summed E-state index contributed by atoms with van der Waals surface area (Å²) in [6.07, 6.45) is 3.59. The van der Waals surface area contributed by atoms with E-state index < -0.39 is 0 Å². The van der Waals surface area contributed by atoms with Crippen LogP contribution in [0.1, 0.15) is 18.1 Å². The Balaban J connectivity index is 1.62. The lowest BCUT2D eigenvalue weighted by atomic mass is 10.2. The van der Waals surface area contributed by atoms with E-state index in [-0.39, 0.29) is 5.82 Å². The molecule has 0 spiro atoms. The number of fused-ring (bicyclic) bond motifs is 1. The van der Waals surface area contributed by atoms with E-state index in [9.17, 15) is 0 Å². The highest BCUT2D eigenvalue weighted by Gasteiger charge is 2.20. The summed E-state index contributed by atoms with van der Waals surface area (Å²) in [5.74, 6) is 1.68. The minimum atomic E-state index is 0.218. The molecule has 0 aliphatic heterocycles. The van der Waals surface area contributed by atoms with Crippen LogP contribution in [0.5, 0.6) is 5.75 Å². The van der Waals surface area contributed by atoms with Gasteiger partial charge in [-0.3, -0.25) is 4.98 Å². The number of anilines is 1. The zero-order valence-corrected chi connectivity index (χ0v) is 15.7. The molecule has 28 heavy (non-hydrogen) atoms. The van der Waals surface area contributed by atoms with Crippen molar-refractivity contribution in [1.29, 1.82) is 0 Å². The van der Waals surface area contributed by atoms with Crippen LogP contribution in [0.2, 0.25) is 0 Å². The third kappa shape index (κ3) is 3.27. The fourth-order valence-electron chi connectivity index (χ4n) is 3.25. The quantitative estimate of drug-likeness (QED) is 0.503. The van der Waals surface area contributed by atoms with Crippen LogP contribution in [0.25, 0.3) is 22.6 Å². The van der Waals surface area contributed by atoms with Crippen LogP contribution in [0.3, 0.4) is 0 Å². The number of rotatable bonds is 7. The zero-order valence-electron chi connectivity index (χ0n) is 15.7. The van der Waals surface area contributed by atoms with Gasteiger partial charge < -0.3 is 20.4 Å². The van der Waals surface area contributed by atoms with Gasteiger partial charge in [0.15, 0.2) is 17.3 Å². The molecule has 0 aliphatic carbocycles. The molecule has 0 unspecified atom stereocenters. The van der Waals surface area contributed by atoms with Gasteiger partial charge in [-0.25, -0.2) is 9.61 Å². The lowest BCUT2D eigenvalue weighted by Gasteiger charge is -2.10. The number of aryl methyl sites for hydroxylation is 1. The molecule has 4 rings (SSSR count). The summed E-state index contributed by atoms with van der Waals surface area (Å²) in [7, 11) is 1.67. The van der Waals surface area contributed by atoms with Gasteiger partial charge in [0.1, 0.15) is 11.3 Å². The SMILES string of the molecule is CCn1c(-c2nonc2N)nc2cncc(CNCc3cccc(OC)c3)c21. The Labute approximate surface area is 161 Å². The molecule has 3 N–H and O–H groups in total. The van der Waals surface area contributed by atoms with Crippen molar-refractivity contribution in [1.82, 2.24) is 30.2 Å². The maximum absolute atomic E-state index is 5.87. The first kappa shape index (κ1) is 17.9. The summed E-state index contributed by atoms with van der Waals surface area (Å²) in [5, 5.41) is 11.0. The predicted molar refractivity (Wildman–Crippen MR) is 104 cm³/mol. The number of hydrogen-bond donors (Lipinski definition) is 2. The molecule has 9 nitrogen and oxygen atoms in total. The van der Waals surface area contributed by atoms with Gasteiger partial charge in [-0.2, -0.15) is 0 Å². The summed E-state index contributed by atoms with van der Waals surface area (Å²) < 4.78 is 12.1. The number of imidazole rings is 1. The first-order valence-corrected chi connectivity index (χ1v) is 8.96. The second-order valence-corrected chi connectivity index (χ2v) is 6.30. The van der Waals surface area contributed by atoms with E-state index in [0.29, 0.717) is 31.2 Å². The molecule has 0 saturated heterocycles. The molecule has 0 amide bonds. The van der Waals surface area contributed by atoms with Crippen LogP contribution in [0.15, 0.2) is 41.3 Å². The Morgan fingerprint density at radius 3 is 2.86 bits per heavy atom. The van der Waals surface area contributed by atoms with Crippen molar-refractivity contribution < 1.29 is 9.37 Å². The van der Waals surface area contributed by atoms with Crippen molar-refractivity contribution in [2.45, 2.75) is 26.6 Å². The van der Waals surface area contributed by atoms with Crippen molar-refractivity contribution in [3.8, 4) is 17.3 Å². The average molecular weight is 379 g/mol. The second-order valence-electron chi connectivity index (χ2n) is 6.30. The summed E-state index contributed by atoms with van der Waals surface area (Å²) in [6, 6.07) is 7.98. The van der Waals surface area contributed by atoms with Gasteiger partial charge in [-0.1, -0.05) is 12.1 Å². The van der Waals surface area contributed by atoms with Crippen LogP contribution >= 0.6 is 0 Å². The summed E-state index contributed by atoms with van der Waals surface area (Å²) in [4.78, 5) is 8.98. The smallest absolute Gasteiger partial charge is 0.199 e. The van der Waals surface area contributed by atoms with Gasteiger partial charge in [0.25, 0.3) is 0 Å². The molecule has 0 atom stereocenters. The predicted octanol–water partition coefficient (Wildman–Crippen LogP) is 2.38. The molecular weight excluding hydrogens is 358 g/mol. The lowest BCUT2D eigenvalue weighted by molar-refractivity contribution is 0.310. The van der Waals surface area contributed by atoms with Crippen LogP contribution in [0.4, 0.5) is 5.82 Å². The molecule has 1 aromatic carbocycles. The van der Waals surface area contributed by atoms with E-state index in [1.54, 1.807) is 13.3 Å². The third-order valence-corrected chi connectivity index (χ3v) is 4.55. The van der Waals surface area contributed by atoms with Gasteiger partial charge in [0.2, 0.25) is 0 Å². The molecule has 0 bridgehead atoms. The largest absolute Gasteiger partial charge is 0.497 e. The normalized spacial score (nSPS) is 11.2. The number of ether oxygens (including phenoxy) is 1. The van der Waals surface area contributed by atoms with Crippen molar-refractivity contribution in [3.63, 3.8) is 0 Å². The number of benzene rings is 1. The van der Waals surface area contributed by atoms with Gasteiger partial charge in [0, 0.05) is 31.4 Å². The van der Waals surface area contributed by atoms with Gasteiger partial charge in [0.05, 0.1) is 18.8 Å². The molecule has 0 fully saturated rings. The third-order valence-electron chi connectivity index (χ3n) is 4.55. The first-order valence-electron chi connectivity index (χ1n) is 8.96. The Hall–Kier alpha value is -3.46. The Bertz CT molecular complexity index is 1100. The molecule has 3 aromatic heterocycles. The van der Waals surface area contributed by atoms with Crippen LogP contribution < -0.4 is 15.8 Å². The Morgan fingerprint density at radius 2 is 2.11 bits per heavy atom. The fourth-order valence-corrected chi connectivity index (χ4v) is 3.25. The average Bonchev–Trinajstić information content (AvgIpc) is 3.31. The molecule has 0 saturated carbocycles. The molecule has 3 heterocycles. The highest BCUT2D eigenvalue weighted by atomic mass is 16.6. The van der Waals surface area contributed by atoms with Crippen molar-refractivity contribution >= 4 is 16.9 Å². The van der Waals surface area contributed by atoms with Crippen LogP contribution in [-0.2, 0) is 19.6 Å². The number of nitrogen functional groups attached to an aromatic ring is 1. The molecule has 0 radical (unpaired) electrons. The number of nitrogens with two attached hydrogens (primary N) is 1. The standard InChI is InChI=1S/C19H21N7O2/c1-3-26-17-13(9-21-8-12-5-4-6-14(7-12)27-2)10-22-11-15(17)23-19(26)16-18(20)25-28-24-16/h4-7,10-11,21H,3,8-9H2,1-2H3,(H2,20,25). The lowest BCUT2D eigenvalue weighted by Crippen LogP contribution is -2.14. The van der Waals surface area contributed by atoms with E-state index in [1.165, 1.54) is 0 Å². The van der Waals surface area contributed by atoms with Gasteiger partial charge >= 0.3 is 0 Å². The monoisotopic (exact) mass is 379 g/mol. The maximum atomic E-state index is 5.87. The first-order chi connectivity index (χ1) is 13.7. The number of hydrogen-bond acceptors (Lipinski definition) is 8. The second kappa shape index (κ2) is 7.65. The number of nitrogens with one attached hydrogen (secondary N) is 1. The van der Waals surface area contributed by atoms with E-state index in [2.05, 4.69) is 36.2 Å². The van der Waals surface area contributed by atoms with E-state index in [1.807, 2.05) is 31.3 Å². The van der Waals surface area contributed by atoms with Crippen LogP contribution in [0, 0.1) is 0 Å². The number of methoxy groups -OCH3 is 1. The fraction of sp³-hybridized carbons (Fsp3) is 0.263. The number of aromatic nitrogens is 5.